The van der Waals surface area contributed by atoms with Crippen molar-refractivity contribution in [1.29, 1.82) is 5.26 Å². The number of hydrogen-bond donors (Lipinski definition) is 2. The fraction of sp³-hybridized carbons (Fsp3) is 0.212. The summed E-state index contributed by atoms with van der Waals surface area (Å²) < 4.78 is 21.8. The highest BCUT2D eigenvalue weighted by atomic mass is 16.5. The monoisotopic (exact) mass is 581 g/mol. The number of furan rings is 1. The van der Waals surface area contributed by atoms with Gasteiger partial charge in [0.25, 0.3) is 11.8 Å². The molecule has 0 aliphatic rings. The average molecular weight is 582 g/mol. The lowest BCUT2D eigenvalue weighted by atomic mass is 9.98. The molecule has 4 rings (SSSR count). The number of rotatable bonds is 11. The van der Waals surface area contributed by atoms with Crippen LogP contribution >= 0.6 is 0 Å². The lowest BCUT2D eigenvalue weighted by Gasteiger charge is -2.20. The number of nitrogens with one attached hydrogen (secondary N) is 2. The third-order valence-corrected chi connectivity index (χ3v) is 6.59. The summed E-state index contributed by atoms with van der Waals surface area (Å²) >= 11 is 0. The van der Waals surface area contributed by atoms with Gasteiger partial charge < -0.3 is 23.9 Å². The lowest BCUT2D eigenvalue weighted by molar-refractivity contribution is -0.150. The zero-order chi connectivity index (χ0) is 30.9. The SMILES string of the molecule is COc1ccc(-c2oc(NC(=O)COC(=O)[C@@H](NC(=O)c3ccccc3)C(C)C)c(C#N)c2-c2ccc(OC)cc2)cc1. The molecule has 0 bridgehead atoms. The van der Waals surface area contributed by atoms with Gasteiger partial charge in [0.1, 0.15) is 34.9 Å². The van der Waals surface area contributed by atoms with Gasteiger partial charge in [-0.05, 0) is 60.0 Å². The number of nitrogens with zero attached hydrogens (tertiary/aromatic N) is 1. The summed E-state index contributed by atoms with van der Waals surface area (Å²) in [5, 5.41) is 15.3. The van der Waals surface area contributed by atoms with Crippen LogP contribution < -0.4 is 20.1 Å². The molecule has 2 N–H and O–H groups in total. The van der Waals surface area contributed by atoms with Gasteiger partial charge in [-0.15, -0.1) is 0 Å². The summed E-state index contributed by atoms with van der Waals surface area (Å²) in [6.07, 6.45) is 0. The van der Waals surface area contributed by atoms with Crippen LogP contribution in [0.1, 0.15) is 29.8 Å². The number of esters is 1. The van der Waals surface area contributed by atoms with E-state index in [0.717, 1.165) is 0 Å². The van der Waals surface area contributed by atoms with Gasteiger partial charge in [-0.25, -0.2) is 4.79 Å². The highest BCUT2D eigenvalue weighted by Crippen LogP contribution is 2.42. The molecule has 0 fully saturated rings. The quantitative estimate of drug-likeness (QED) is 0.223. The highest BCUT2D eigenvalue weighted by Gasteiger charge is 2.28. The molecule has 1 heterocycles. The first-order chi connectivity index (χ1) is 20.7. The van der Waals surface area contributed by atoms with Gasteiger partial charge in [0, 0.05) is 16.7 Å². The molecule has 0 spiro atoms. The molecule has 0 aliphatic heterocycles. The van der Waals surface area contributed by atoms with Crippen LogP contribution in [0.2, 0.25) is 0 Å². The molecular formula is C33H31N3O7. The van der Waals surface area contributed by atoms with Gasteiger partial charge in [-0.3, -0.25) is 14.9 Å². The Hall–Kier alpha value is -5.56. The smallest absolute Gasteiger partial charge is 0.329 e. The number of carbonyl (C=O) groups is 3. The van der Waals surface area contributed by atoms with Gasteiger partial charge in [-0.1, -0.05) is 44.2 Å². The van der Waals surface area contributed by atoms with Crippen LogP contribution in [0.15, 0.2) is 83.3 Å². The van der Waals surface area contributed by atoms with Crippen molar-refractivity contribution < 1.29 is 33.0 Å². The topological polar surface area (TPSA) is 140 Å². The average Bonchev–Trinajstić information content (AvgIpc) is 3.40. The van der Waals surface area contributed by atoms with E-state index in [-0.39, 0.29) is 17.4 Å². The minimum atomic E-state index is -0.984. The maximum atomic E-state index is 12.9. The predicted molar refractivity (Wildman–Crippen MR) is 160 cm³/mol. The number of anilines is 1. The Balaban J connectivity index is 1.55. The zero-order valence-corrected chi connectivity index (χ0v) is 24.2. The van der Waals surface area contributed by atoms with E-state index in [1.165, 1.54) is 0 Å². The van der Waals surface area contributed by atoms with Crippen LogP contribution in [0.4, 0.5) is 5.88 Å². The molecule has 1 aromatic heterocycles. The van der Waals surface area contributed by atoms with Gasteiger partial charge in [0.15, 0.2) is 6.61 Å². The summed E-state index contributed by atoms with van der Waals surface area (Å²) in [5.41, 5.74) is 2.24. The van der Waals surface area contributed by atoms with E-state index in [0.29, 0.717) is 39.5 Å². The van der Waals surface area contributed by atoms with Crippen molar-refractivity contribution in [2.75, 3.05) is 26.1 Å². The molecule has 4 aromatic rings. The molecule has 220 valence electrons. The molecule has 10 nitrogen and oxygen atoms in total. The highest BCUT2D eigenvalue weighted by molar-refractivity contribution is 5.98. The Kier molecular flexibility index (Phi) is 9.81. The summed E-state index contributed by atoms with van der Waals surface area (Å²) in [6, 6.07) is 23.7. The standard InChI is InChI=1S/C33H31N3O7/c1-20(2)29(36-31(38)23-8-6-5-7-9-23)33(39)42-19-27(37)35-32-26(18-34)28(21-10-14-24(40-3)15-11-21)30(43-32)22-12-16-25(41-4)17-13-22/h5-17,20,29H,19H2,1-4H3,(H,35,37)(H,36,38)/t29-/m0/s1. The molecule has 0 saturated heterocycles. The Bertz CT molecular complexity index is 1620. The van der Waals surface area contributed by atoms with Crippen LogP contribution in [-0.4, -0.2) is 44.7 Å². The molecule has 1 atom stereocenters. The molecule has 0 unspecified atom stereocenters. The lowest BCUT2D eigenvalue weighted by Crippen LogP contribution is -2.45. The number of methoxy groups -OCH3 is 2. The summed E-state index contributed by atoms with van der Waals surface area (Å²) in [4.78, 5) is 38.4. The Morgan fingerprint density at radius 3 is 1.98 bits per heavy atom. The van der Waals surface area contributed by atoms with Gasteiger partial charge in [0.05, 0.1) is 14.2 Å². The number of benzene rings is 3. The van der Waals surface area contributed by atoms with Crippen LogP contribution in [0.3, 0.4) is 0 Å². The number of nitriles is 1. The second-order valence-electron chi connectivity index (χ2n) is 9.80. The minimum Gasteiger partial charge on any atom is -0.497 e. The van der Waals surface area contributed by atoms with E-state index in [4.69, 9.17) is 18.6 Å². The van der Waals surface area contributed by atoms with E-state index in [1.54, 1.807) is 107 Å². The predicted octanol–water partition coefficient (Wildman–Crippen LogP) is 5.44. The second-order valence-corrected chi connectivity index (χ2v) is 9.80. The van der Waals surface area contributed by atoms with Crippen LogP contribution in [0.5, 0.6) is 11.5 Å². The fourth-order valence-electron chi connectivity index (χ4n) is 4.31. The third kappa shape index (κ3) is 7.21. The van der Waals surface area contributed by atoms with E-state index in [1.807, 2.05) is 0 Å². The van der Waals surface area contributed by atoms with Crippen LogP contribution in [0, 0.1) is 17.2 Å². The molecule has 3 aromatic carbocycles. The van der Waals surface area contributed by atoms with E-state index in [9.17, 15) is 19.6 Å². The molecule has 2 amide bonds. The van der Waals surface area contributed by atoms with E-state index >= 15 is 0 Å². The van der Waals surface area contributed by atoms with Crippen molar-refractivity contribution in [3.63, 3.8) is 0 Å². The van der Waals surface area contributed by atoms with Crippen LogP contribution in [0.25, 0.3) is 22.5 Å². The molecule has 0 aliphatic carbocycles. The Morgan fingerprint density at radius 1 is 0.860 bits per heavy atom. The fourth-order valence-corrected chi connectivity index (χ4v) is 4.31. The van der Waals surface area contributed by atoms with Crippen LogP contribution in [-0.2, 0) is 14.3 Å². The Labute approximate surface area is 249 Å². The number of hydrogen-bond acceptors (Lipinski definition) is 8. The molecule has 43 heavy (non-hydrogen) atoms. The van der Waals surface area contributed by atoms with Crippen molar-refractivity contribution in [1.82, 2.24) is 5.32 Å². The van der Waals surface area contributed by atoms with Crippen molar-refractivity contribution in [2.24, 2.45) is 5.92 Å². The number of amides is 2. The third-order valence-electron chi connectivity index (χ3n) is 6.59. The number of carbonyl (C=O) groups excluding carboxylic acids is 3. The summed E-state index contributed by atoms with van der Waals surface area (Å²) in [6.45, 7) is 2.84. The largest absolute Gasteiger partial charge is 0.497 e. The molecule has 0 saturated carbocycles. The van der Waals surface area contributed by atoms with E-state index in [2.05, 4.69) is 16.7 Å². The first-order valence-corrected chi connectivity index (χ1v) is 13.4. The first kappa shape index (κ1) is 30.4. The second kappa shape index (κ2) is 13.9. The van der Waals surface area contributed by atoms with Crippen molar-refractivity contribution in [3.8, 4) is 40.0 Å². The maximum absolute atomic E-state index is 12.9. The normalized spacial score (nSPS) is 11.3. The van der Waals surface area contributed by atoms with E-state index < -0.39 is 30.4 Å². The first-order valence-electron chi connectivity index (χ1n) is 13.4. The van der Waals surface area contributed by atoms with Gasteiger partial charge >= 0.3 is 5.97 Å². The zero-order valence-electron chi connectivity index (χ0n) is 24.2. The van der Waals surface area contributed by atoms with Gasteiger partial charge in [-0.2, -0.15) is 5.26 Å². The van der Waals surface area contributed by atoms with Crippen molar-refractivity contribution in [3.05, 3.63) is 90.0 Å². The minimum absolute atomic E-state index is 0.0887. The Morgan fingerprint density at radius 2 is 1.44 bits per heavy atom. The molecule has 10 heteroatoms. The van der Waals surface area contributed by atoms with Crippen molar-refractivity contribution in [2.45, 2.75) is 19.9 Å². The summed E-state index contributed by atoms with van der Waals surface area (Å²) in [7, 11) is 3.11. The summed E-state index contributed by atoms with van der Waals surface area (Å²) in [5.74, 6) is -0.725. The van der Waals surface area contributed by atoms with Gasteiger partial charge in [0.2, 0.25) is 5.88 Å². The molecular weight excluding hydrogens is 550 g/mol. The number of ether oxygens (including phenoxy) is 3. The van der Waals surface area contributed by atoms with Crippen molar-refractivity contribution >= 4 is 23.7 Å². The molecule has 0 radical (unpaired) electrons. The maximum Gasteiger partial charge on any atom is 0.329 e.